The molecular weight excluding hydrogens is 442 g/mol. The minimum Gasteiger partial charge on any atom is -0.485 e. The number of carbonyl (C=O) groups is 2. The van der Waals surface area contributed by atoms with Gasteiger partial charge in [-0.15, -0.1) is 10.2 Å². The van der Waals surface area contributed by atoms with E-state index >= 15 is 0 Å². The molecule has 3 heterocycles. The van der Waals surface area contributed by atoms with E-state index in [2.05, 4.69) is 15.5 Å². The Balaban J connectivity index is 1.32. The van der Waals surface area contributed by atoms with Crippen LogP contribution in [0.1, 0.15) is 25.8 Å². The molecule has 0 fully saturated rings. The van der Waals surface area contributed by atoms with Crippen LogP contribution >= 0.6 is 11.8 Å². The van der Waals surface area contributed by atoms with Crippen molar-refractivity contribution in [2.45, 2.75) is 30.6 Å². The van der Waals surface area contributed by atoms with E-state index in [1.165, 1.54) is 11.8 Å². The van der Waals surface area contributed by atoms with Crippen LogP contribution in [0.15, 0.2) is 53.7 Å². The third-order valence-electron chi connectivity index (χ3n) is 5.75. The Morgan fingerprint density at radius 1 is 1.15 bits per heavy atom. The fraction of sp³-hybridized carbons (Fsp3) is 0.304. The minimum atomic E-state index is -1.02. The number of nitrogens with zero attached hydrogens (tertiary/aromatic N) is 4. The molecule has 170 valence electrons. The molecule has 0 saturated carbocycles. The number of carbonyl (C=O) groups excluding carboxylic acids is 2. The number of aromatic nitrogens is 3. The first-order valence-electron chi connectivity index (χ1n) is 10.5. The van der Waals surface area contributed by atoms with Crippen LogP contribution in [-0.4, -0.2) is 44.5 Å². The minimum absolute atomic E-state index is 0.0991. The molecule has 0 saturated heterocycles. The zero-order valence-corrected chi connectivity index (χ0v) is 19.3. The summed E-state index contributed by atoms with van der Waals surface area (Å²) in [4.78, 5) is 27.5. The lowest BCUT2D eigenvalue weighted by atomic mass is 9.96. The Hall–Kier alpha value is -3.53. The number of rotatable bonds is 4. The zero-order valence-electron chi connectivity index (χ0n) is 18.4. The van der Waals surface area contributed by atoms with Gasteiger partial charge in [-0.1, -0.05) is 36.0 Å². The first kappa shape index (κ1) is 21.3. The molecule has 33 heavy (non-hydrogen) atoms. The topological polar surface area (TPSA) is 98.6 Å². The van der Waals surface area contributed by atoms with Gasteiger partial charge in [0.1, 0.15) is 12.1 Å². The van der Waals surface area contributed by atoms with E-state index in [1.807, 2.05) is 54.1 Å². The zero-order chi connectivity index (χ0) is 23.2. The molecule has 0 bridgehead atoms. The fourth-order valence-electron chi connectivity index (χ4n) is 3.97. The summed E-state index contributed by atoms with van der Waals surface area (Å²) < 4.78 is 13.6. The van der Waals surface area contributed by atoms with Crippen molar-refractivity contribution in [2.24, 2.45) is 7.05 Å². The summed E-state index contributed by atoms with van der Waals surface area (Å²) in [5.41, 5.74) is 0.283. The second kappa shape index (κ2) is 8.11. The SMILES string of the molecule is Cn1c(SCC(=O)N2c3ccccc3NC(=O)C2(C)C)nnc1[C@H]1COc2ccccc2O1. The van der Waals surface area contributed by atoms with Gasteiger partial charge in [0.15, 0.2) is 28.6 Å². The summed E-state index contributed by atoms with van der Waals surface area (Å²) in [5.74, 6) is 1.65. The second-order valence-corrected chi connectivity index (χ2v) is 9.25. The number of fused-ring (bicyclic) bond motifs is 2. The predicted molar refractivity (Wildman–Crippen MR) is 124 cm³/mol. The number of amides is 2. The smallest absolute Gasteiger partial charge is 0.250 e. The van der Waals surface area contributed by atoms with Gasteiger partial charge in [0.2, 0.25) is 11.8 Å². The van der Waals surface area contributed by atoms with Crippen LogP contribution in [-0.2, 0) is 16.6 Å². The average molecular weight is 466 g/mol. The van der Waals surface area contributed by atoms with E-state index in [0.29, 0.717) is 40.5 Å². The number of hydrogen-bond acceptors (Lipinski definition) is 7. The highest BCUT2D eigenvalue weighted by atomic mass is 32.2. The molecule has 1 N–H and O–H groups in total. The van der Waals surface area contributed by atoms with Crippen LogP contribution in [0.2, 0.25) is 0 Å². The van der Waals surface area contributed by atoms with Gasteiger partial charge in [-0.05, 0) is 38.1 Å². The van der Waals surface area contributed by atoms with E-state index in [-0.39, 0.29) is 17.6 Å². The van der Waals surface area contributed by atoms with Crippen molar-refractivity contribution in [3.05, 3.63) is 54.4 Å². The number of hydrogen-bond donors (Lipinski definition) is 1. The maximum absolute atomic E-state index is 13.3. The third kappa shape index (κ3) is 3.70. The summed E-state index contributed by atoms with van der Waals surface area (Å²) in [6, 6.07) is 14.8. The number of thioether (sulfide) groups is 1. The molecule has 3 aromatic rings. The summed E-state index contributed by atoms with van der Waals surface area (Å²) >= 11 is 1.27. The molecule has 0 aliphatic carbocycles. The van der Waals surface area contributed by atoms with Crippen molar-refractivity contribution >= 4 is 35.0 Å². The standard InChI is InChI=1S/C23H23N5O4S/c1-23(2)21(30)24-14-8-4-5-9-15(14)28(23)19(29)13-33-22-26-25-20(27(22)3)18-12-31-16-10-6-7-11-17(16)32-18/h4-11,18H,12-13H2,1-3H3,(H,24,30)/t18-/m1/s1. The number of nitrogens with one attached hydrogen (secondary N) is 1. The van der Waals surface area contributed by atoms with Gasteiger partial charge in [0.25, 0.3) is 0 Å². The fourth-order valence-corrected chi connectivity index (χ4v) is 4.74. The largest absolute Gasteiger partial charge is 0.485 e. The molecule has 5 rings (SSSR count). The van der Waals surface area contributed by atoms with Crippen LogP contribution < -0.4 is 19.7 Å². The maximum Gasteiger partial charge on any atom is 0.250 e. The van der Waals surface area contributed by atoms with Crippen LogP contribution in [0.25, 0.3) is 0 Å². The van der Waals surface area contributed by atoms with Crippen LogP contribution in [0.4, 0.5) is 11.4 Å². The molecule has 1 atom stereocenters. The highest BCUT2D eigenvalue weighted by Gasteiger charge is 2.43. The Kier molecular flexibility index (Phi) is 5.24. The van der Waals surface area contributed by atoms with Gasteiger partial charge >= 0.3 is 0 Å². The van der Waals surface area contributed by atoms with Crippen LogP contribution in [0.5, 0.6) is 11.5 Å². The summed E-state index contributed by atoms with van der Waals surface area (Å²) in [5, 5.41) is 12.0. The van der Waals surface area contributed by atoms with E-state index in [9.17, 15) is 9.59 Å². The summed E-state index contributed by atoms with van der Waals surface area (Å²) in [6.45, 7) is 3.79. The van der Waals surface area contributed by atoms with Gasteiger partial charge in [-0.2, -0.15) is 0 Å². The number of benzene rings is 2. The van der Waals surface area contributed by atoms with Crippen molar-refractivity contribution in [1.29, 1.82) is 0 Å². The molecule has 2 amide bonds. The van der Waals surface area contributed by atoms with Gasteiger partial charge in [0, 0.05) is 7.05 Å². The number of para-hydroxylation sites is 4. The first-order chi connectivity index (χ1) is 15.9. The first-order valence-corrected chi connectivity index (χ1v) is 11.5. The van der Waals surface area contributed by atoms with E-state index in [0.717, 1.165) is 0 Å². The maximum atomic E-state index is 13.3. The number of ether oxygens (including phenoxy) is 2. The monoisotopic (exact) mass is 465 g/mol. The van der Waals surface area contributed by atoms with Crippen molar-refractivity contribution in [1.82, 2.24) is 14.8 Å². The van der Waals surface area contributed by atoms with Crippen molar-refractivity contribution in [3.63, 3.8) is 0 Å². The van der Waals surface area contributed by atoms with E-state index < -0.39 is 11.6 Å². The van der Waals surface area contributed by atoms with Gasteiger partial charge < -0.3 is 19.4 Å². The Morgan fingerprint density at radius 3 is 2.70 bits per heavy atom. The van der Waals surface area contributed by atoms with Crippen molar-refractivity contribution in [2.75, 3.05) is 22.6 Å². The summed E-state index contributed by atoms with van der Waals surface area (Å²) in [6.07, 6.45) is -0.404. The van der Waals surface area contributed by atoms with Gasteiger partial charge in [0.05, 0.1) is 17.1 Å². The molecule has 2 aromatic carbocycles. The Morgan fingerprint density at radius 2 is 1.88 bits per heavy atom. The van der Waals surface area contributed by atoms with Gasteiger partial charge in [-0.25, -0.2) is 0 Å². The normalized spacial score (nSPS) is 18.5. The molecular formula is C23H23N5O4S. The highest BCUT2D eigenvalue weighted by Crippen LogP contribution is 2.38. The predicted octanol–water partition coefficient (Wildman–Crippen LogP) is 3.18. The van der Waals surface area contributed by atoms with Crippen LogP contribution in [0, 0.1) is 0 Å². The van der Waals surface area contributed by atoms with Crippen molar-refractivity contribution in [3.8, 4) is 11.5 Å². The Bertz CT molecular complexity index is 1240. The molecule has 0 spiro atoms. The number of anilines is 2. The molecule has 2 aliphatic rings. The Labute approximate surface area is 195 Å². The molecule has 2 aliphatic heterocycles. The second-order valence-electron chi connectivity index (χ2n) is 8.31. The van der Waals surface area contributed by atoms with E-state index in [1.54, 1.807) is 24.8 Å². The molecule has 0 radical (unpaired) electrons. The molecule has 0 unspecified atom stereocenters. The molecule has 10 heteroatoms. The third-order valence-corrected chi connectivity index (χ3v) is 6.75. The molecule has 1 aromatic heterocycles. The lowest BCUT2D eigenvalue weighted by Gasteiger charge is -2.42. The van der Waals surface area contributed by atoms with E-state index in [4.69, 9.17) is 9.47 Å². The highest BCUT2D eigenvalue weighted by molar-refractivity contribution is 7.99. The molecule has 9 nitrogen and oxygen atoms in total. The van der Waals surface area contributed by atoms with Crippen LogP contribution in [0.3, 0.4) is 0 Å². The van der Waals surface area contributed by atoms with Crippen molar-refractivity contribution < 1.29 is 19.1 Å². The average Bonchev–Trinajstić information content (AvgIpc) is 3.18. The lowest BCUT2D eigenvalue weighted by molar-refractivity contribution is -0.125. The van der Waals surface area contributed by atoms with Gasteiger partial charge in [-0.3, -0.25) is 14.5 Å². The lowest BCUT2D eigenvalue weighted by Crippen LogP contribution is -2.59. The summed E-state index contributed by atoms with van der Waals surface area (Å²) in [7, 11) is 1.83. The quantitative estimate of drug-likeness (QED) is 0.591.